The van der Waals surface area contributed by atoms with Crippen LogP contribution < -0.4 is 10.6 Å². The Kier molecular flexibility index (Phi) is 3.12. The Morgan fingerprint density at radius 1 is 1.60 bits per heavy atom. The van der Waals surface area contributed by atoms with Crippen LogP contribution in [0.15, 0.2) is 0 Å². The summed E-state index contributed by atoms with van der Waals surface area (Å²) in [6.07, 6.45) is 0.410. The van der Waals surface area contributed by atoms with E-state index < -0.39 is 0 Å². The highest BCUT2D eigenvalue weighted by Crippen LogP contribution is 2.10. The topological polar surface area (TPSA) is 33.3 Å². The number of hydrogen-bond acceptors (Lipinski definition) is 3. The molecule has 1 saturated heterocycles. The largest absolute Gasteiger partial charge is 0.380 e. The van der Waals surface area contributed by atoms with Crippen molar-refractivity contribution in [2.75, 3.05) is 33.8 Å². The van der Waals surface area contributed by atoms with Crippen LogP contribution in [0.5, 0.6) is 0 Å². The molecule has 1 aliphatic rings. The third-order valence-corrected chi connectivity index (χ3v) is 2.05. The maximum atomic E-state index is 5.27. The fraction of sp³-hybridized carbons (Fsp3) is 1.00. The SMILES string of the molecule is CNCC1CNCC1OC. The fourth-order valence-corrected chi connectivity index (χ4v) is 1.45. The Hall–Kier alpha value is -0.120. The molecule has 0 aromatic heterocycles. The summed E-state index contributed by atoms with van der Waals surface area (Å²) in [5.41, 5.74) is 0. The minimum absolute atomic E-state index is 0.410. The lowest BCUT2D eigenvalue weighted by atomic mass is 10.1. The molecule has 1 aliphatic heterocycles. The van der Waals surface area contributed by atoms with Crippen LogP contribution in [0.3, 0.4) is 0 Å². The predicted molar refractivity (Wildman–Crippen MR) is 41.1 cm³/mol. The Balaban J connectivity index is 2.27. The van der Waals surface area contributed by atoms with Crippen LogP contribution in [0.4, 0.5) is 0 Å². The van der Waals surface area contributed by atoms with Gasteiger partial charge in [-0.1, -0.05) is 0 Å². The highest BCUT2D eigenvalue weighted by molar-refractivity contribution is 4.82. The minimum atomic E-state index is 0.410. The molecule has 60 valence electrons. The quantitative estimate of drug-likeness (QED) is 0.557. The number of ether oxygens (including phenoxy) is 1. The monoisotopic (exact) mass is 144 g/mol. The van der Waals surface area contributed by atoms with Gasteiger partial charge in [-0.15, -0.1) is 0 Å². The van der Waals surface area contributed by atoms with Crippen molar-refractivity contribution in [3.63, 3.8) is 0 Å². The Bertz CT molecular complexity index is 97.6. The highest BCUT2D eigenvalue weighted by atomic mass is 16.5. The van der Waals surface area contributed by atoms with Crippen LogP contribution in [0.2, 0.25) is 0 Å². The van der Waals surface area contributed by atoms with Crippen molar-refractivity contribution >= 4 is 0 Å². The number of nitrogens with one attached hydrogen (secondary N) is 2. The summed E-state index contributed by atoms with van der Waals surface area (Å²) in [5.74, 6) is 0.648. The maximum absolute atomic E-state index is 5.27. The fourth-order valence-electron chi connectivity index (χ4n) is 1.45. The number of rotatable bonds is 3. The number of hydrogen-bond donors (Lipinski definition) is 2. The normalized spacial score (nSPS) is 33.0. The Labute approximate surface area is 62.1 Å². The van der Waals surface area contributed by atoms with Crippen LogP contribution in [0, 0.1) is 5.92 Å². The smallest absolute Gasteiger partial charge is 0.0748 e. The molecule has 1 fully saturated rings. The van der Waals surface area contributed by atoms with Crippen LogP contribution >= 0.6 is 0 Å². The van der Waals surface area contributed by atoms with Crippen LogP contribution in [-0.4, -0.2) is 39.9 Å². The van der Waals surface area contributed by atoms with Gasteiger partial charge in [0.1, 0.15) is 0 Å². The van der Waals surface area contributed by atoms with E-state index in [1.54, 1.807) is 7.11 Å². The maximum Gasteiger partial charge on any atom is 0.0748 e. The lowest BCUT2D eigenvalue weighted by Gasteiger charge is -2.15. The summed E-state index contributed by atoms with van der Waals surface area (Å²) >= 11 is 0. The van der Waals surface area contributed by atoms with E-state index in [4.69, 9.17) is 4.74 Å². The lowest BCUT2D eigenvalue weighted by Crippen LogP contribution is -2.29. The third-order valence-electron chi connectivity index (χ3n) is 2.05. The molecule has 2 unspecified atom stereocenters. The molecule has 10 heavy (non-hydrogen) atoms. The minimum Gasteiger partial charge on any atom is -0.380 e. The molecule has 2 atom stereocenters. The zero-order valence-corrected chi connectivity index (χ0v) is 6.68. The first kappa shape index (κ1) is 7.98. The van der Waals surface area contributed by atoms with Crippen molar-refractivity contribution in [3.05, 3.63) is 0 Å². The molecule has 0 radical (unpaired) electrons. The van der Waals surface area contributed by atoms with Crippen molar-refractivity contribution in [2.45, 2.75) is 6.10 Å². The first-order valence-corrected chi connectivity index (χ1v) is 3.76. The van der Waals surface area contributed by atoms with Gasteiger partial charge in [-0.3, -0.25) is 0 Å². The zero-order valence-electron chi connectivity index (χ0n) is 6.68. The summed E-state index contributed by atoms with van der Waals surface area (Å²) in [5, 5.41) is 6.45. The predicted octanol–water partition coefficient (Wildman–Crippen LogP) is -0.560. The molecular formula is C7H16N2O. The van der Waals surface area contributed by atoms with Crippen molar-refractivity contribution in [3.8, 4) is 0 Å². The van der Waals surface area contributed by atoms with Crippen molar-refractivity contribution < 1.29 is 4.74 Å². The van der Waals surface area contributed by atoms with E-state index in [2.05, 4.69) is 10.6 Å². The van der Waals surface area contributed by atoms with Gasteiger partial charge in [0.15, 0.2) is 0 Å². The van der Waals surface area contributed by atoms with Gasteiger partial charge in [-0.2, -0.15) is 0 Å². The Morgan fingerprint density at radius 3 is 3.00 bits per heavy atom. The molecule has 0 aromatic rings. The molecule has 0 bridgehead atoms. The first-order valence-electron chi connectivity index (χ1n) is 3.76. The van der Waals surface area contributed by atoms with E-state index in [0.29, 0.717) is 12.0 Å². The van der Waals surface area contributed by atoms with Crippen molar-refractivity contribution in [1.29, 1.82) is 0 Å². The molecule has 0 saturated carbocycles. The van der Waals surface area contributed by atoms with Crippen LogP contribution in [-0.2, 0) is 4.74 Å². The second-order valence-corrected chi connectivity index (χ2v) is 2.75. The molecule has 2 N–H and O–H groups in total. The van der Waals surface area contributed by atoms with Gasteiger partial charge in [0.25, 0.3) is 0 Å². The molecule has 0 aromatic carbocycles. The molecule has 0 spiro atoms. The van der Waals surface area contributed by atoms with Crippen LogP contribution in [0.1, 0.15) is 0 Å². The second kappa shape index (κ2) is 3.91. The zero-order chi connectivity index (χ0) is 7.40. The van der Waals surface area contributed by atoms with E-state index in [-0.39, 0.29) is 0 Å². The van der Waals surface area contributed by atoms with Gasteiger partial charge >= 0.3 is 0 Å². The highest BCUT2D eigenvalue weighted by Gasteiger charge is 2.25. The van der Waals surface area contributed by atoms with Gasteiger partial charge in [0, 0.05) is 32.7 Å². The molecule has 1 rings (SSSR count). The summed E-state index contributed by atoms with van der Waals surface area (Å²) in [4.78, 5) is 0. The summed E-state index contributed by atoms with van der Waals surface area (Å²) in [6, 6.07) is 0. The molecule has 3 heteroatoms. The second-order valence-electron chi connectivity index (χ2n) is 2.75. The van der Waals surface area contributed by atoms with Crippen molar-refractivity contribution in [1.82, 2.24) is 10.6 Å². The van der Waals surface area contributed by atoms with Gasteiger partial charge in [0.2, 0.25) is 0 Å². The average molecular weight is 144 g/mol. The van der Waals surface area contributed by atoms with E-state index in [0.717, 1.165) is 19.6 Å². The van der Waals surface area contributed by atoms with Gasteiger partial charge < -0.3 is 15.4 Å². The van der Waals surface area contributed by atoms with E-state index >= 15 is 0 Å². The lowest BCUT2D eigenvalue weighted by molar-refractivity contribution is 0.0836. The molecule has 3 nitrogen and oxygen atoms in total. The molecule has 0 amide bonds. The van der Waals surface area contributed by atoms with Crippen molar-refractivity contribution in [2.24, 2.45) is 5.92 Å². The molecular weight excluding hydrogens is 128 g/mol. The molecule has 0 aliphatic carbocycles. The standard InChI is InChI=1S/C7H16N2O/c1-8-3-6-4-9-5-7(6)10-2/h6-9H,3-5H2,1-2H3. The molecule has 1 heterocycles. The summed E-state index contributed by atoms with van der Waals surface area (Å²) in [7, 11) is 3.76. The third kappa shape index (κ3) is 1.68. The van der Waals surface area contributed by atoms with Crippen LogP contribution in [0.25, 0.3) is 0 Å². The van der Waals surface area contributed by atoms with Gasteiger partial charge in [-0.05, 0) is 7.05 Å². The Morgan fingerprint density at radius 2 is 2.40 bits per heavy atom. The van der Waals surface area contributed by atoms with E-state index in [1.165, 1.54) is 0 Å². The number of methoxy groups -OCH3 is 1. The summed E-state index contributed by atoms with van der Waals surface area (Å²) < 4.78 is 5.27. The van der Waals surface area contributed by atoms with Gasteiger partial charge in [-0.25, -0.2) is 0 Å². The van der Waals surface area contributed by atoms with E-state index in [9.17, 15) is 0 Å². The average Bonchev–Trinajstić information content (AvgIpc) is 2.36. The first-order chi connectivity index (χ1) is 4.88. The van der Waals surface area contributed by atoms with E-state index in [1.807, 2.05) is 7.05 Å². The summed E-state index contributed by atoms with van der Waals surface area (Å²) in [6.45, 7) is 3.13. The van der Waals surface area contributed by atoms with Gasteiger partial charge in [0.05, 0.1) is 6.10 Å².